The molecule has 0 fully saturated rings. The molecule has 6 heteroatoms. The second kappa shape index (κ2) is 4.06. The van der Waals surface area contributed by atoms with Crippen molar-refractivity contribution in [2.75, 3.05) is 0 Å². The largest absolute Gasteiger partial charge is 0.245 e. The van der Waals surface area contributed by atoms with Gasteiger partial charge in [-0.05, 0) is 6.92 Å². The summed E-state index contributed by atoms with van der Waals surface area (Å²) in [5.41, 5.74) is 1.84. The van der Waals surface area contributed by atoms with Crippen molar-refractivity contribution in [2.24, 2.45) is 0 Å². The van der Waals surface area contributed by atoms with E-state index in [9.17, 15) is 0 Å². The Balaban J connectivity index is 2.10. The lowest BCUT2D eigenvalue weighted by molar-refractivity contribution is 0.646. The fourth-order valence-corrected chi connectivity index (χ4v) is 1.98. The monoisotopic (exact) mass is 228 g/mol. The smallest absolute Gasteiger partial charge is 0.114 e. The van der Waals surface area contributed by atoms with Gasteiger partial charge in [0.15, 0.2) is 0 Å². The van der Waals surface area contributed by atoms with Gasteiger partial charge in [-0.25, -0.2) is 9.67 Å². The average molecular weight is 229 g/mol. The van der Waals surface area contributed by atoms with Gasteiger partial charge < -0.3 is 0 Å². The van der Waals surface area contributed by atoms with Crippen molar-refractivity contribution in [3.05, 3.63) is 28.0 Å². The summed E-state index contributed by atoms with van der Waals surface area (Å²) in [6, 6.07) is 0. The number of aromatic nitrogens is 4. The van der Waals surface area contributed by atoms with E-state index in [0.717, 1.165) is 16.4 Å². The highest BCUT2D eigenvalue weighted by molar-refractivity contribution is 7.09. The van der Waals surface area contributed by atoms with Crippen LogP contribution in [0, 0.1) is 6.92 Å². The van der Waals surface area contributed by atoms with E-state index in [2.05, 4.69) is 15.3 Å². The van der Waals surface area contributed by atoms with Crippen LogP contribution in [-0.4, -0.2) is 20.0 Å². The van der Waals surface area contributed by atoms with Crippen molar-refractivity contribution in [3.63, 3.8) is 0 Å². The van der Waals surface area contributed by atoms with Crippen LogP contribution < -0.4 is 0 Å². The van der Waals surface area contributed by atoms with Gasteiger partial charge in [0.1, 0.15) is 5.01 Å². The molecule has 0 saturated heterocycles. The first-order valence-corrected chi connectivity index (χ1v) is 5.55. The van der Waals surface area contributed by atoms with E-state index in [1.165, 1.54) is 0 Å². The average Bonchev–Trinajstić information content (AvgIpc) is 2.76. The van der Waals surface area contributed by atoms with Gasteiger partial charge in [0.2, 0.25) is 0 Å². The van der Waals surface area contributed by atoms with Crippen LogP contribution in [-0.2, 0) is 12.4 Å². The standard InChI is InChI=1S/C8H9ClN4S/c1-6-5-14-8(10-6)4-13-3-7(2-9)11-12-13/h3,5H,2,4H2,1H3. The maximum atomic E-state index is 5.62. The quantitative estimate of drug-likeness (QED) is 0.753. The second-order valence-electron chi connectivity index (χ2n) is 2.92. The molecule has 14 heavy (non-hydrogen) atoms. The zero-order valence-electron chi connectivity index (χ0n) is 7.64. The summed E-state index contributed by atoms with van der Waals surface area (Å²) >= 11 is 7.25. The van der Waals surface area contributed by atoms with Crippen molar-refractivity contribution in [3.8, 4) is 0 Å². The molecule has 0 aliphatic heterocycles. The molecule has 0 saturated carbocycles. The lowest BCUT2D eigenvalue weighted by Gasteiger charge is -1.93. The molecule has 4 nitrogen and oxygen atoms in total. The summed E-state index contributed by atoms with van der Waals surface area (Å²) in [6.07, 6.45) is 1.84. The topological polar surface area (TPSA) is 43.6 Å². The summed E-state index contributed by atoms with van der Waals surface area (Å²) in [4.78, 5) is 4.34. The van der Waals surface area contributed by atoms with Crippen LogP contribution in [0.1, 0.15) is 16.4 Å². The summed E-state index contributed by atoms with van der Waals surface area (Å²) < 4.78 is 1.75. The van der Waals surface area contributed by atoms with E-state index in [1.54, 1.807) is 16.0 Å². The third kappa shape index (κ3) is 2.10. The van der Waals surface area contributed by atoms with Gasteiger partial charge in [0, 0.05) is 11.1 Å². The molecule has 2 aromatic heterocycles. The SMILES string of the molecule is Cc1csc(Cn2cc(CCl)nn2)n1. The number of hydrogen-bond donors (Lipinski definition) is 0. The Hall–Kier alpha value is -0.940. The van der Waals surface area contributed by atoms with E-state index in [-0.39, 0.29) is 0 Å². The molecular formula is C8H9ClN4S. The van der Waals surface area contributed by atoms with E-state index in [1.807, 2.05) is 18.5 Å². The van der Waals surface area contributed by atoms with Crippen molar-refractivity contribution >= 4 is 22.9 Å². The molecule has 0 N–H and O–H groups in total. The molecule has 0 aliphatic carbocycles. The summed E-state index contributed by atoms with van der Waals surface area (Å²) in [7, 11) is 0. The van der Waals surface area contributed by atoms with Crippen LogP contribution >= 0.6 is 22.9 Å². The van der Waals surface area contributed by atoms with Crippen LogP contribution in [0.3, 0.4) is 0 Å². The molecule has 0 bridgehead atoms. The number of halogens is 1. The highest BCUT2D eigenvalue weighted by Gasteiger charge is 2.02. The van der Waals surface area contributed by atoms with Crippen LogP contribution in [0.15, 0.2) is 11.6 Å². The van der Waals surface area contributed by atoms with Crippen molar-refractivity contribution in [1.82, 2.24) is 20.0 Å². The Bertz CT molecular complexity index is 422. The zero-order chi connectivity index (χ0) is 9.97. The summed E-state index contributed by atoms with van der Waals surface area (Å²) in [5.74, 6) is 0.400. The molecule has 0 aliphatic rings. The Morgan fingerprint density at radius 1 is 1.57 bits per heavy atom. The predicted molar refractivity (Wildman–Crippen MR) is 55.5 cm³/mol. The van der Waals surface area contributed by atoms with Crippen LogP contribution in [0.2, 0.25) is 0 Å². The molecule has 2 aromatic rings. The Morgan fingerprint density at radius 2 is 2.43 bits per heavy atom. The lowest BCUT2D eigenvalue weighted by atomic mass is 10.5. The maximum Gasteiger partial charge on any atom is 0.114 e. The zero-order valence-corrected chi connectivity index (χ0v) is 9.22. The van der Waals surface area contributed by atoms with Gasteiger partial charge >= 0.3 is 0 Å². The second-order valence-corrected chi connectivity index (χ2v) is 4.13. The molecule has 0 spiro atoms. The number of thiazole rings is 1. The van der Waals surface area contributed by atoms with Crippen molar-refractivity contribution in [2.45, 2.75) is 19.3 Å². The molecular weight excluding hydrogens is 220 g/mol. The Kier molecular flexibility index (Phi) is 2.79. The lowest BCUT2D eigenvalue weighted by Crippen LogP contribution is -1.99. The maximum absolute atomic E-state index is 5.62. The minimum Gasteiger partial charge on any atom is -0.245 e. The minimum atomic E-state index is 0.400. The van der Waals surface area contributed by atoms with Crippen molar-refractivity contribution < 1.29 is 0 Å². The summed E-state index contributed by atoms with van der Waals surface area (Å²) in [5, 5.41) is 10.9. The van der Waals surface area contributed by atoms with Gasteiger partial charge in [-0.15, -0.1) is 28.0 Å². The van der Waals surface area contributed by atoms with Gasteiger partial charge in [0.25, 0.3) is 0 Å². The molecule has 0 atom stereocenters. The van der Waals surface area contributed by atoms with E-state index >= 15 is 0 Å². The number of hydrogen-bond acceptors (Lipinski definition) is 4. The van der Waals surface area contributed by atoms with E-state index < -0.39 is 0 Å². The number of alkyl halides is 1. The first-order chi connectivity index (χ1) is 6.78. The molecule has 2 rings (SSSR count). The van der Waals surface area contributed by atoms with E-state index in [0.29, 0.717) is 12.4 Å². The van der Waals surface area contributed by atoms with Crippen LogP contribution in [0.5, 0.6) is 0 Å². The number of aryl methyl sites for hydroxylation is 1. The molecule has 2 heterocycles. The first kappa shape index (κ1) is 9.61. The fourth-order valence-electron chi connectivity index (χ4n) is 1.09. The van der Waals surface area contributed by atoms with Gasteiger partial charge in [-0.3, -0.25) is 0 Å². The fraction of sp³-hybridized carbons (Fsp3) is 0.375. The van der Waals surface area contributed by atoms with E-state index in [4.69, 9.17) is 11.6 Å². The van der Waals surface area contributed by atoms with Crippen molar-refractivity contribution in [1.29, 1.82) is 0 Å². The van der Waals surface area contributed by atoms with Gasteiger partial charge in [0.05, 0.1) is 24.3 Å². The number of nitrogens with zero attached hydrogens (tertiary/aromatic N) is 4. The third-order valence-electron chi connectivity index (χ3n) is 1.69. The minimum absolute atomic E-state index is 0.400. The molecule has 0 unspecified atom stereocenters. The van der Waals surface area contributed by atoms with Gasteiger partial charge in [-0.1, -0.05) is 5.21 Å². The highest BCUT2D eigenvalue weighted by Crippen LogP contribution is 2.10. The predicted octanol–water partition coefficient (Wildman–Crippen LogP) is 1.83. The number of rotatable bonds is 3. The Labute approximate surface area is 90.5 Å². The molecule has 0 radical (unpaired) electrons. The van der Waals surface area contributed by atoms with Gasteiger partial charge in [-0.2, -0.15) is 0 Å². The van der Waals surface area contributed by atoms with Crippen LogP contribution in [0.4, 0.5) is 0 Å². The normalized spacial score (nSPS) is 10.7. The van der Waals surface area contributed by atoms with Crippen LogP contribution in [0.25, 0.3) is 0 Å². The first-order valence-electron chi connectivity index (χ1n) is 4.14. The highest BCUT2D eigenvalue weighted by atomic mass is 35.5. The molecule has 0 amide bonds. The summed E-state index contributed by atoms with van der Waals surface area (Å²) in [6.45, 7) is 2.65. The third-order valence-corrected chi connectivity index (χ3v) is 2.91. The molecule has 0 aromatic carbocycles. The Morgan fingerprint density at radius 3 is 3.00 bits per heavy atom. The molecule has 74 valence electrons.